The second kappa shape index (κ2) is 11.2. The van der Waals surface area contributed by atoms with Crippen molar-refractivity contribution in [3.8, 4) is 0 Å². The number of hydrogen-bond donors (Lipinski definition) is 2. The van der Waals surface area contributed by atoms with Gasteiger partial charge in [0.1, 0.15) is 5.82 Å². The Balaban J connectivity index is 1.46. The summed E-state index contributed by atoms with van der Waals surface area (Å²) in [6.07, 6.45) is 6.03. The Morgan fingerprint density at radius 3 is 2.50 bits per heavy atom. The molecule has 2 aliphatic rings. The van der Waals surface area contributed by atoms with Crippen molar-refractivity contribution in [2.75, 3.05) is 70.9 Å². The first-order valence-corrected chi connectivity index (χ1v) is 10.9. The number of nitrogens with one attached hydrogen (secondary N) is 2. The van der Waals surface area contributed by atoms with E-state index >= 15 is 0 Å². The molecular weight excluding hydrogens is 350 g/mol. The summed E-state index contributed by atoms with van der Waals surface area (Å²) in [5, 5.41) is 6.81. The average Bonchev–Trinajstić information content (AvgIpc) is 2.74. The highest BCUT2D eigenvalue weighted by molar-refractivity contribution is 5.79. The van der Waals surface area contributed by atoms with Crippen LogP contribution in [0.5, 0.6) is 0 Å². The van der Waals surface area contributed by atoms with Crippen LogP contribution in [0.4, 0.5) is 5.82 Å². The molecule has 7 nitrogen and oxygen atoms in total. The number of aromatic nitrogens is 1. The number of pyridine rings is 1. The van der Waals surface area contributed by atoms with Gasteiger partial charge < -0.3 is 25.3 Å². The van der Waals surface area contributed by atoms with Crippen molar-refractivity contribution in [2.45, 2.75) is 32.7 Å². The van der Waals surface area contributed by atoms with Crippen LogP contribution < -0.4 is 15.5 Å². The van der Waals surface area contributed by atoms with Gasteiger partial charge in [0.2, 0.25) is 0 Å². The van der Waals surface area contributed by atoms with E-state index < -0.39 is 0 Å². The molecule has 0 aliphatic carbocycles. The third kappa shape index (κ3) is 6.63. The van der Waals surface area contributed by atoms with Gasteiger partial charge in [0, 0.05) is 52.0 Å². The molecule has 0 unspecified atom stereocenters. The van der Waals surface area contributed by atoms with E-state index in [1.54, 1.807) is 0 Å². The molecule has 2 N–H and O–H groups in total. The number of rotatable bonds is 7. The Morgan fingerprint density at radius 2 is 1.82 bits per heavy atom. The molecule has 1 aromatic rings. The summed E-state index contributed by atoms with van der Waals surface area (Å²) in [7, 11) is 2.17. The molecule has 0 amide bonds. The first-order chi connectivity index (χ1) is 13.7. The third-order valence-corrected chi connectivity index (χ3v) is 5.57. The summed E-state index contributed by atoms with van der Waals surface area (Å²) in [4.78, 5) is 16.7. The van der Waals surface area contributed by atoms with E-state index in [0.717, 1.165) is 63.2 Å². The van der Waals surface area contributed by atoms with Crippen LogP contribution in [0, 0.1) is 0 Å². The minimum absolute atomic E-state index is 0.648. The Bertz CT molecular complexity index is 587. The Hall–Kier alpha value is -1.86. The molecule has 0 radical (unpaired) electrons. The van der Waals surface area contributed by atoms with E-state index in [0.29, 0.717) is 6.54 Å². The summed E-state index contributed by atoms with van der Waals surface area (Å²) < 4.78 is 0. The highest BCUT2D eigenvalue weighted by atomic mass is 15.3. The number of likely N-dealkylation sites (N-methyl/N-ethyl adjacent to an activating group) is 1. The van der Waals surface area contributed by atoms with Gasteiger partial charge in [-0.05, 0) is 51.5 Å². The van der Waals surface area contributed by atoms with E-state index in [2.05, 4.69) is 56.4 Å². The van der Waals surface area contributed by atoms with E-state index in [1.165, 1.54) is 32.4 Å². The summed E-state index contributed by atoms with van der Waals surface area (Å²) >= 11 is 0. The largest absolute Gasteiger partial charge is 0.357 e. The van der Waals surface area contributed by atoms with Gasteiger partial charge >= 0.3 is 0 Å². The topological polar surface area (TPSA) is 59.0 Å². The zero-order valence-corrected chi connectivity index (χ0v) is 17.7. The minimum Gasteiger partial charge on any atom is -0.357 e. The molecule has 3 heterocycles. The maximum atomic E-state index is 4.73. The maximum Gasteiger partial charge on any atom is 0.191 e. The number of likely N-dealkylation sites (tertiary alicyclic amines) is 1. The third-order valence-electron chi connectivity index (χ3n) is 5.57. The molecule has 1 aromatic heterocycles. The highest BCUT2D eigenvalue weighted by Crippen LogP contribution is 2.14. The SMILES string of the molecule is CCNC(=NCc1ccc(N2CCN(C)CC2)nc1)NCCN1CCCCC1. The maximum absolute atomic E-state index is 4.73. The summed E-state index contributed by atoms with van der Waals surface area (Å²) in [6.45, 7) is 12.4. The molecule has 7 heteroatoms. The Labute approximate surface area is 170 Å². The lowest BCUT2D eigenvalue weighted by Gasteiger charge is -2.33. The number of nitrogens with zero attached hydrogens (tertiary/aromatic N) is 5. The predicted octanol–water partition coefficient (Wildman–Crippen LogP) is 1.37. The van der Waals surface area contributed by atoms with Gasteiger partial charge in [0.15, 0.2) is 5.96 Å². The van der Waals surface area contributed by atoms with Gasteiger partial charge in [-0.2, -0.15) is 0 Å². The van der Waals surface area contributed by atoms with Crippen molar-refractivity contribution in [3.05, 3.63) is 23.9 Å². The fraction of sp³-hybridized carbons (Fsp3) is 0.714. The predicted molar refractivity (Wildman–Crippen MR) is 117 cm³/mol. The van der Waals surface area contributed by atoms with Crippen LogP contribution >= 0.6 is 0 Å². The van der Waals surface area contributed by atoms with Crippen molar-refractivity contribution < 1.29 is 0 Å². The van der Waals surface area contributed by atoms with Crippen molar-refractivity contribution >= 4 is 11.8 Å². The smallest absolute Gasteiger partial charge is 0.191 e. The summed E-state index contributed by atoms with van der Waals surface area (Å²) in [5.41, 5.74) is 1.14. The van der Waals surface area contributed by atoms with Gasteiger partial charge in [-0.3, -0.25) is 0 Å². The van der Waals surface area contributed by atoms with Crippen molar-refractivity contribution in [1.82, 2.24) is 25.4 Å². The first kappa shape index (κ1) is 20.9. The van der Waals surface area contributed by atoms with Crippen LogP contribution in [0.3, 0.4) is 0 Å². The molecule has 3 rings (SSSR count). The standard InChI is InChI=1S/C21H37N7/c1-3-22-21(23-9-12-27-10-5-4-6-11-27)25-18-19-7-8-20(24-17-19)28-15-13-26(2)14-16-28/h7-8,17H,3-6,9-16,18H2,1-2H3,(H2,22,23,25). The monoisotopic (exact) mass is 387 g/mol. The summed E-state index contributed by atoms with van der Waals surface area (Å²) in [6, 6.07) is 4.29. The van der Waals surface area contributed by atoms with E-state index in [4.69, 9.17) is 4.99 Å². The Morgan fingerprint density at radius 1 is 1.04 bits per heavy atom. The second-order valence-corrected chi connectivity index (χ2v) is 7.84. The van der Waals surface area contributed by atoms with Gasteiger partial charge in [0.05, 0.1) is 6.54 Å². The van der Waals surface area contributed by atoms with Gasteiger partial charge in [-0.15, -0.1) is 0 Å². The first-order valence-electron chi connectivity index (χ1n) is 10.9. The zero-order chi connectivity index (χ0) is 19.6. The molecule has 156 valence electrons. The van der Waals surface area contributed by atoms with E-state index in [-0.39, 0.29) is 0 Å². The fourth-order valence-corrected chi connectivity index (χ4v) is 3.76. The number of piperidine rings is 1. The van der Waals surface area contributed by atoms with Gasteiger partial charge in [-0.1, -0.05) is 12.5 Å². The Kier molecular flexibility index (Phi) is 8.36. The fourth-order valence-electron chi connectivity index (χ4n) is 3.76. The van der Waals surface area contributed by atoms with Crippen molar-refractivity contribution in [2.24, 2.45) is 4.99 Å². The number of aliphatic imine (C=N–C) groups is 1. The van der Waals surface area contributed by atoms with Crippen molar-refractivity contribution in [1.29, 1.82) is 0 Å². The number of guanidine groups is 1. The zero-order valence-electron chi connectivity index (χ0n) is 17.7. The van der Waals surface area contributed by atoms with Crippen LogP contribution in [-0.2, 0) is 6.54 Å². The van der Waals surface area contributed by atoms with Gasteiger partial charge in [0.25, 0.3) is 0 Å². The normalized spacial score (nSPS) is 19.6. The molecule has 0 aromatic carbocycles. The second-order valence-electron chi connectivity index (χ2n) is 7.84. The van der Waals surface area contributed by atoms with Crippen LogP contribution in [0.1, 0.15) is 31.7 Å². The molecule has 2 saturated heterocycles. The molecule has 0 saturated carbocycles. The highest BCUT2D eigenvalue weighted by Gasteiger charge is 2.15. The molecule has 0 spiro atoms. The van der Waals surface area contributed by atoms with E-state index in [1.807, 2.05) is 6.20 Å². The molecule has 2 fully saturated rings. The molecular formula is C21H37N7. The van der Waals surface area contributed by atoms with Gasteiger partial charge in [-0.25, -0.2) is 9.98 Å². The van der Waals surface area contributed by atoms with Crippen molar-refractivity contribution in [3.63, 3.8) is 0 Å². The number of anilines is 1. The number of piperazine rings is 1. The minimum atomic E-state index is 0.648. The molecule has 0 atom stereocenters. The molecule has 28 heavy (non-hydrogen) atoms. The summed E-state index contributed by atoms with van der Waals surface area (Å²) in [5.74, 6) is 1.97. The van der Waals surface area contributed by atoms with Crippen LogP contribution in [0.15, 0.2) is 23.3 Å². The molecule has 2 aliphatic heterocycles. The van der Waals surface area contributed by atoms with Crippen LogP contribution in [-0.4, -0.2) is 86.7 Å². The lowest BCUT2D eigenvalue weighted by Crippen LogP contribution is -2.44. The lowest BCUT2D eigenvalue weighted by atomic mass is 10.1. The lowest BCUT2D eigenvalue weighted by molar-refractivity contribution is 0.232. The van der Waals surface area contributed by atoms with Crippen LogP contribution in [0.25, 0.3) is 0 Å². The quantitative estimate of drug-likeness (QED) is 0.544. The molecule has 0 bridgehead atoms. The average molecular weight is 388 g/mol. The van der Waals surface area contributed by atoms with Crippen LogP contribution in [0.2, 0.25) is 0 Å². The number of hydrogen-bond acceptors (Lipinski definition) is 5. The van der Waals surface area contributed by atoms with E-state index in [9.17, 15) is 0 Å².